The molecular formula is C5H4ClIN6. The van der Waals surface area contributed by atoms with Crippen LogP contribution < -0.4 is 11.3 Å². The molecule has 0 aliphatic rings. The lowest BCUT2D eigenvalue weighted by molar-refractivity contribution is 1.07. The van der Waals surface area contributed by atoms with Crippen molar-refractivity contribution in [2.45, 2.75) is 0 Å². The average Bonchev–Trinajstić information content (AvgIpc) is 2.46. The van der Waals surface area contributed by atoms with Crippen molar-refractivity contribution in [2.75, 3.05) is 5.43 Å². The van der Waals surface area contributed by atoms with Gasteiger partial charge in [0.05, 0.1) is 5.39 Å². The van der Waals surface area contributed by atoms with Crippen molar-refractivity contribution in [1.29, 1.82) is 0 Å². The van der Waals surface area contributed by atoms with Crippen LogP contribution in [0.3, 0.4) is 0 Å². The molecule has 0 aliphatic carbocycles. The maximum absolute atomic E-state index is 5.64. The van der Waals surface area contributed by atoms with Crippen LogP contribution in [0.25, 0.3) is 11.0 Å². The summed E-state index contributed by atoms with van der Waals surface area (Å²) in [5, 5.41) is 7.53. The van der Waals surface area contributed by atoms with E-state index >= 15 is 0 Å². The van der Waals surface area contributed by atoms with E-state index < -0.39 is 0 Å². The molecule has 2 rings (SSSR count). The van der Waals surface area contributed by atoms with Crippen LogP contribution in [-0.2, 0) is 0 Å². The molecule has 0 aromatic carbocycles. The normalized spacial score (nSPS) is 10.7. The summed E-state index contributed by atoms with van der Waals surface area (Å²) in [5.41, 5.74) is 3.00. The minimum atomic E-state index is 0.125. The average molecular weight is 310 g/mol. The second kappa shape index (κ2) is 3.24. The smallest absolute Gasteiger partial charge is 0.226 e. The topological polar surface area (TPSA) is 92.5 Å². The van der Waals surface area contributed by atoms with Crippen molar-refractivity contribution in [3.8, 4) is 0 Å². The van der Waals surface area contributed by atoms with Gasteiger partial charge in [-0.15, -0.1) is 0 Å². The first-order chi connectivity index (χ1) is 6.22. The predicted octanol–water partition coefficient (Wildman–Crippen LogP) is 0.897. The highest BCUT2D eigenvalue weighted by atomic mass is 127. The summed E-state index contributed by atoms with van der Waals surface area (Å²) in [6, 6.07) is 0. The van der Waals surface area contributed by atoms with Gasteiger partial charge in [0, 0.05) is 0 Å². The van der Waals surface area contributed by atoms with Gasteiger partial charge in [-0.1, -0.05) is 0 Å². The number of nitrogens with two attached hydrogens (primary N) is 1. The number of fused-ring (bicyclic) bond motifs is 1. The summed E-state index contributed by atoms with van der Waals surface area (Å²) in [6.45, 7) is 0. The number of rotatable bonds is 1. The van der Waals surface area contributed by atoms with Crippen molar-refractivity contribution in [2.24, 2.45) is 5.84 Å². The molecule has 68 valence electrons. The summed E-state index contributed by atoms with van der Waals surface area (Å²) in [5.74, 6) is 5.73. The van der Waals surface area contributed by atoms with Crippen molar-refractivity contribution >= 4 is 51.0 Å². The molecule has 0 atom stereocenters. The van der Waals surface area contributed by atoms with E-state index in [1.807, 2.05) is 0 Å². The van der Waals surface area contributed by atoms with E-state index in [-0.39, 0.29) is 5.28 Å². The number of anilines is 1. The number of H-pyrrole nitrogens is 1. The van der Waals surface area contributed by atoms with Crippen LogP contribution in [0.15, 0.2) is 0 Å². The molecule has 0 unspecified atom stereocenters. The molecule has 6 nitrogen and oxygen atoms in total. The Kier molecular flexibility index (Phi) is 2.22. The van der Waals surface area contributed by atoms with Gasteiger partial charge in [0.2, 0.25) is 5.28 Å². The monoisotopic (exact) mass is 310 g/mol. The number of nitrogen functional groups attached to an aromatic ring is 1. The molecule has 0 radical (unpaired) electrons. The predicted molar refractivity (Wildman–Crippen MR) is 57.2 cm³/mol. The van der Waals surface area contributed by atoms with Crippen LogP contribution in [0.2, 0.25) is 5.28 Å². The molecule has 0 fully saturated rings. The van der Waals surface area contributed by atoms with Gasteiger partial charge < -0.3 is 5.43 Å². The Labute approximate surface area is 91.4 Å². The first-order valence-corrected chi connectivity index (χ1v) is 4.71. The highest BCUT2D eigenvalue weighted by Gasteiger charge is 2.11. The van der Waals surface area contributed by atoms with Crippen LogP contribution >= 0.6 is 34.2 Å². The molecule has 2 aromatic heterocycles. The van der Waals surface area contributed by atoms with Gasteiger partial charge in [-0.05, 0) is 34.2 Å². The lowest BCUT2D eigenvalue weighted by atomic mass is 10.4. The number of halogens is 2. The maximum atomic E-state index is 5.64. The molecule has 2 aromatic rings. The number of nitrogens with zero attached hydrogens (tertiary/aromatic N) is 3. The van der Waals surface area contributed by atoms with E-state index in [0.29, 0.717) is 11.5 Å². The largest absolute Gasteiger partial charge is 0.308 e. The van der Waals surface area contributed by atoms with Crippen molar-refractivity contribution in [1.82, 2.24) is 20.2 Å². The lowest BCUT2D eigenvalue weighted by Crippen LogP contribution is -2.09. The van der Waals surface area contributed by atoms with Crippen LogP contribution in [0, 0.1) is 3.70 Å². The minimum absolute atomic E-state index is 0.125. The number of hydrogen-bond acceptors (Lipinski definition) is 5. The first-order valence-electron chi connectivity index (χ1n) is 3.26. The Balaban J connectivity index is 2.85. The number of hydrazine groups is 1. The number of aromatic nitrogens is 4. The second-order valence-corrected chi connectivity index (χ2v) is 3.58. The standard InChI is InChI=1S/C5H4ClIN6/c6-5-9-3(11-8)1-2(7)12-13-4(1)10-5/h8H2,(H2,9,10,11,12,13). The molecule has 13 heavy (non-hydrogen) atoms. The van der Waals surface area contributed by atoms with E-state index in [1.54, 1.807) is 0 Å². The number of aromatic amines is 1. The van der Waals surface area contributed by atoms with Crippen molar-refractivity contribution < 1.29 is 0 Å². The van der Waals surface area contributed by atoms with Gasteiger partial charge in [-0.25, -0.2) is 5.84 Å². The minimum Gasteiger partial charge on any atom is -0.308 e. The third kappa shape index (κ3) is 1.42. The van der Waals surface area contributed by atoms with E-state index in [4.69, 9.17) is 17.4 Å². The fraction of sp³-hybridized carbons (Fsp3) is 0. The molecule has 0 bridgehead atoms. The summed E-state index contributed by atoms with van der Waals surface area (Å²) in [6.07, 6.45) is 0. The summed E-state index contributed by atoms with van der Waals surface area (Å²) in [4.78, 5) is 7.85. The number of nitrogens with one attached hydrogen (secondary N) is 2. The zero-order chi connectivity index (χ0) is 9.42. The van der Waals surface area contributed by atoms with Crippen LogP contribution in [0.5, 0.6) is 0 Å². The van der Waals surface area contributed by atoms with E-state index in [9.17, 15) is 0 Å². The quantitative estimate of drug-likeness (QED) is 0.315. The molecule has 0 saturated carbocycles. The first kappa shape index (κ1) is 8.91. The Morgan fingerprint density at radius 2 is 2.23 bits per heavy atom. The second-order valence-electron chi connectivity index (χ2n) is 2.22. The van der Waals surface area contributed by atoms with Gasteiger partial charge in [0.1, 0.15) is 3.70 Å². The van der Waals surface area contributed by atoms with Crippen molar-refractivity contribution in [3.63, 3.8) is 0 Å². The highest BCUT2D eigenvalue weighted by Crippen LogP contribution is 2.23. The highest BCUT2D eigenvalue weighted by molar-refractivity contribution is 14.1. The van der Waals surface area contributed by atoms with Crippen LogP contribution in [0.1, 0.15) is 0 Å². The molecule has 0 spiro atoms. The third-order valence-corrected chi connectivity index (χ3v) is 2.43. The van der Waals surface area contributed by atoms with E-state index in [2.05, 4.69) is 48.2 Å². The summed E-state index contributed by atoms with van der Waals surface area (Å²) < 4.78 is 0.747. The van der Waals surface area contributed by atoms with E-state index in [0.717, 1.165) is 9.09 Å². The fourth-order valence-electron chi connectivity index (χ4n) is 0.972. The zero-order valence-corrected chi connectivity index (χ0v) is 9.09. The summed E-state index contributed by atoms with van der Waals surface area (Å²) >= 11 is 7.70. The summed E-state index contributed by atoms with van der Waals surface area (Å²) in [7, 11) is 0. The molecular weight excluding hydrogens is 306 g/mol. The van der Waals surface area contributed by atoms with Crippen LogP contribution in [-0.4, -0.2) is 20.2 Å². The molecule has 2 heterocycles. The molecule has 0 aliphatic heterocycles. The zero-order valence-electron chi connectivity index (χ0n) is 6.17. The molecule has 0 saturated heterocycles. The Hall–Kier alpha value is -0.670. The van der Waals surface area contributed by atoms with Gasteiger partial charge in [-0.3, -0.25) is 5.10 Å². The SMILES string of the molecule is NNc1nc(Cl)nc2[nH]nc(I)c12. The molecule has 4 N–H and O–H groups in total. The fourth-order valence-corrected chi connectivity index (χ4v) is 1.77. The molecule has 0 amide bonds. The number of hydrogen-bond donors (Lipinski definition) is 3. The van der Waals surface area contributed by atoms with Gasteiger partial charge in [0.25, 0.3) is 0 Å². The van der Waals surface area contributed by atoms with E-state index in [1.165, 1.54) is 0 Å². The Bertz CT molecular complexity index is 453. The van der Waals surface area contributed by atoms with Crippen LogP contribution in [0.4, 0.5) is 5.82 Å². The molecule has 8 heteroatoms. The third-order valence-electron chi connectivity index (χ3n) is 1.48. The van der Waals surface area contributed by atoms with Crippen molar-refractivity contribution in [3.05, 3.63) is 8.98 Å². The van der Waals surface area contributed by atoms with Gasteiger partial charge in [-0.2, -0.15) is 15.1 Å². The Morgan fingerprint density at radius 3 is 2.92 bits per heavy atom. The van der Waals surface area contributed by atoms with Gasteiger partial charge in [0.15, 0.2) is 11.5 Å². The maximum Gasteiger partial charge on any atom is 0.226 e. The van der Waals surface area contributed by atoms with Gasteiger partial charge >= 0.3 is 0 Å². The lowest BCUT2D eigenvalue weighted by Gasteiger charge is -1.99. The Morgan fingerprint density at radius 1 is 1.46 bits per heavy atom.